The lowest BCUT2D eigenvalue weighted by Gasteiger charge is -2.08. The van der Waals surface area contributed by atoms with Gasteiger partial charge >= 0.3 is 5.97 Å². The van der Waals surface area contributed by atoms with Gasteiger partial charge in [0.2, 0.25) is 0 Å². The second-order valence-electron chi connectivity index (χ2n) is 6.25. The summed E-state index contributed by atoms with van der Waals surface area (Å²) in [6.45, 7) is 5.24. The fraction of sp³-hybridized carbons (Fsp3) is 0.250. The molecule has 0 saturated carbocycles. The monoisotopic (exact) mass is 418 g/mol. The van der Waals surface area contributed by atoms with Crippen molar-refractivity contribution in [1.82, 2.24) is 5.16 Å². The smallest absolute Gasteiger partial charge is 0.341 e. The minimum atomic E-state index is -0.550. The summed E-state index contributed by atoms with van der Waals surface area (Å²) in [4.78, 5) is 25.8. The number of carbonyl (C=O) groups is 2. The SMILES string of the molecule is COC(=O)c1c(NC(=O)c2noc(C)c2COc2cccc(F)c2)sc(C)c1C. The third kappa shape index (κ3) is 4.29. The summed E-state index contributed by atoms with van der Waals surface area (Å²) >= 11 is 1.27. The van der Waals surface area contributed by atoms with E-state index >= 15 is 0 Å². The molecule has 2 aromatic heterocycles. The molecule has 152 valence electrons. The Balaban J connectivity index is 1.83. The summed E-state index contributed by atoms with van der Waals surface area (Å²) in [5.41, 5.74) is 1.50. The number of esters is 1. The Hall–Kier alpha value is -3.20. The quantitative estimate of drug-likeness (QED) is 0.596. The molecular formula is C20H19FN2O5S. The molecule has 3 rings (SSSR count). The van der Waals surface area contributed by atoms with Crippen LogP contribution >= 0.6 is 11.3 Å². The topological polar surface area (TPSA) is 90.7 Å². The van der Waals surface area contributed by atoms with Crippen molar-refractivity contribution in [2.24, 2.45) is 0 Å². The molecular weight excluding hydrogens is 399 g/mol. The van der Waals surface area contributed by atoms with Crippen molar-refractivity contribution >= 4 is 28.2 Å². The third-order valence-electron chi connectivity index (χ3n) is 4.38. The third-order valence-corrected chi connectivity index (χ3v) is 5.50. The summed E-state index contributed by atoms with van der Waals surface area (Å²) < 4.78 is 28.8. The highest BCUT2D eigenvalue weighted by Crippen LogP contribution is 2.33. The number of benzene rings is 1. The molecule has 0 fully saturated rings. The van der Waals surface area contributed by atoms with Crippen molar-refractivity contribution in [2.75, 3.05) is 12.4 Å². The largest absolute Gasteiger partial charge is 0.489 e. The number of thiophene rings is 1. The van der Waals surface area contributed by atoms with Gasteiger partial charge in [-0.25, -0.2) is 9.18 Å². The van der Waals surface area contributed by atoms with E-state index in [1.165, 1.54) is 36.6 Å². The van der Waals surface area contributed by atoms with Crippen LogP contribution in [0, 0.1) is 26.6 Å². The Labute approximate surface area is 170 Å². The van der Waals surface area contributed by atoms with Gasteiger partial charge in [-0.1, -0.05) is 11.2 Å². The maximum atomic E-state index is 13.3. The molecule has 0 atom stereocenters. The van der Waals surface area contributed by atoms with Gasteiger partial charge in [-0.3, -0.25) is 4.79 Å². The van der Waals surface area contributed by atoms with Crippen LogP contribution in [0.3, 0.4) is 0 Å². The lowest BCUT2D eigenvalue weighted by atomic mass is 10.1. The summed E-state index contributed by atoms with van der Waals surface area (Å²) in [7, 11) is 1.28. The fourth-order valence-corrected chi connectivity index (χ4v) is 3.72. The van der Waals surface area contributed by atoms with E-state index in [1.54, 1.807) is 19.9 Å². The van der Waals surface area contributed by atoms with Gasteiger partial charge in [-0.2, -0.15) is 0 Å². The van der Waals surface area contributed by atoms with E-state index in [1.807, 2.05) is 6.92 Å². The standard InChI is InChI=1S/C20H19FN2O5S/c1-10-12(3)29-19(16(10)20(25)26-4)22-18(24)17-15(11(2)28-23-17)9-27-14-7-5-6-13(21)8-14/h5-8H,9H2,1-4H3,(H,22,24). The van der Waals surface area contributed by atoms with Crippen LogP contribution in [-0.2, 0) is 11.3 Å². The van der Waals surface area contributed by atoms with Gasteiger partial charge in [0.15, 0.2) is 5.69 Å². The molecule has 0 radical (unpaired) electrons. The first-order valence-electron chi connectivity index (χ1n) is 8.65. The van der Waals surface area contributed by atoms with Crippen molar-refractivity contribution in [3.05, 3.63) is 63.1 Å². The van der Waals surface area contributed by atoms with Gasteiger partial charge in [-0.05, 0) is 38.5 Å². The average molecular weight is 418 g/mol. The van der Waals surface area contributed by atoms with Gasteiger partial charge in [-0.15, -0.1) is 11.3 Å². The molecule has 3 aromatic rings. The predicted molar refractivity (Wildman–Crippen MR) is 105 cm³/mol. The number of nitrogens with one attached hydrogen (secondary N) is 1. The van der Waals surface area contributed by atoms with Crippen LogP contribution in [-0.4, -0.2) is 24.1 Å². The number of carbonyl (C=O) groups excluding carboxylic acids is 2. The zero-order chi connectivity index (χ0) is 21.1. The van der Waals surface area contributed by atoms with Crippen LogP contribution in [0.15, 0.2) is 28.8 Å². The molecule has 2 heterocycles. The number of nitrogens with zero attached hydrogens (tertiary/aromatic N) is 1. The predicted octanol–water partition coefficient (Wildman–Crippen LogP) is 4.42. The van der Waals surface area contributed by atoms with Gasteiger partial charge in [0.1, 0.15) is 28.9 Å². The summed E-state index contributed by atoms with van der Waals surface area (Å²) in [5.74, 6) is -0.798. The fourth-order valence-electron chi connectivity index (χ4n) is 2.68. The summed E-state index contributed by atoms with van der Waals surface area (Å²) in [5, 5.41) is 6.89. The van der Waals surface area contributed by atoms with Crippen LogP contribution in [0.2, 0.25) is 0 Å². The highest BCUT2D eigenvalue weighted by atomic mass is 32.1. The molecule has 0 aliphatic heterocycles. The van der Waals surface area contributed by atoms with Crippen LogP contribution in [0.4, 0.5) is 9.39 Å². The van der Waals surface area contributed by atoms with E-state index in [2.05, 4.69) is 10.5 Å². The Bertz CT molecular complexity index is 1070. The van der Waals surface area contributed by atoms with Gasteiger partial charge in [0, 0.05) is 10.9 Å². The zero-order valence-corrected chi connectivity index (χ0v) is 17.1. The van der Waals surface area contributed by atoms with E-state index in [0.29, 0.717) is 27.6 Å². The van der Waals surface area contributed by atoms with E-state index in [4.69, 9.17) is 14.0 Å². The average Bonchev–Trinajstić information content (AvgIpc) is 3.19. The number of ether oxygens (including phenoxy) is 2. The van der Waals surface area contributed by atoms with Crippen LogP contribution in [0.1, 0.15) is 42.6 Å². The molecule has 1 N–H and O–H groups in total. The first-order chi connectivity index (χ1) is 13.8. The van der Waals surface area contributed by atoms with Crippen molar-refractivity contribution in [1.29, 1.82) is 0 Å². The summed E-state index contributed by atoms with van der Waals surface area (Å²) in [6.07, 6.45) is 0. The molecule has 9 heteroatoms. The van der Waals surface area contributed by atoms with Crippen molar-refractivity contribution in [2.45, 2.75) is 27.4 Å². The van der Waals surface area contributed by atoms with Gasteiger partial charge in [0.05, 0.1) is 18.2 Å². The van der Waals surface area contributed by atoms with Gasteiger partial charge in [0.25, 0.3) is 5.91 Å². The van der Waals surface area contributed by atoms with Crippen molar-refractivity contribution in [3.63, 3.8) is 0 Å². The molecule has 0 aliphatic carbocycles. The van der Waals surface area contributed by atoms with Crippen LogP contribution < -0.4 is 10.1 Å². The molecule has 0 bridgehead atoms. The minimum absolute atomic E-state index is 0.0263. The number of aryl methyl sites for hydroxylation is 2. The number of hydrogen-bond acceptors (Lipinski definition) is 7. The second-order valence-corrected chi connectivity index (χ2v) is 7.47. The Kier molecular flexibility index (Phi) is 5.97. The Morgan fingerprint density at radius 2 is 2.03 bits per heavy atom. The number of rotatable bonds is 6. The summed E-state index contributed by atoms with van der Waals surface area (Å²) in [6, 6.07) is 5.67. The van der Waals surface area contributed by atoms with E-state index in [-0.39, 0.29) is 12.3 Å². The lowest BCUT2D eigenvalue weighted by Crippen LogP contribution is -2.17. The number of halogens is 1. The highest BCUT2D eigenvalue weighted by molar-refractivity contribution is 7.16. The van der Waals surface area contributed by atoms with Crippen molar-refractivity contribution in [3.8, 4) is 5.75 Å². The van der Waals surface area contributed by atoms with E-state index in [0.717, 1.165) is 10.4 Å². The number of hydrogen-bond donors (Lipinski definition) is 1. The minimum Gasteiger partial charge on any atom is -0.489 e. The normalized spacial score (nSPS) is 10.7. The first kappa shape index (κ1) is 20.5. The number of aromatic nitrogens is 1. The first-order valence-corrected chi connectivity index (χ1v) is 9.46. The number of amides is 1. The lowest BCUT2D eigenvalue weighted by molar-refractivity contribution is 0.0601. The number of methoxy groups -OCH3 is 1. The van der Waals surface area contributed by atoms with Crippen molar-refractivity contribution < 1.29 is 28.0 Å². The zero-order valence-electron chi connectivity index (χ0n) is 16.3. The highest BCUT2D eigenvalue weighted by Gasteiger charge is 2.25. The molecule has 0 unspecified atom stereocenters. The Morgan fingerprint density at radius 3 is 2.72 bits per heavy atom. The van der Waals surface area contributed by atoms with E-state index in [9.17, 15) is 14.0 Å². The molecule has 1 aromatic carbocycles. The molecule has 29 heavy (non-hydrogen) atoms. The molecule has 0 spiro atoms. The maximum absolute atomic E-state index is 13.3. The second kappa shape index (κ2) is 8.44. The molecule has 1 amide bonds. The number of anilines is 1. The molecule has 7 nitrogen and oxygen atoms in total. The molecule has 0 aliphatic rings. The Morgan fingerprint density at radius 1 is 1.28 bits per heavy atom. The molecule has 0 saturated heterocycles. The van der Waals surface area contributed by atoms with Crippen LogP contribution in [0.5, 0.6) is 5.75 Å². The van der Waals surface area contributed by atoms with Crippen LogP contribution in [0.25, 0.3) is 0 Å². The van der Waals surface area contributed by atoms with Gasteiger partial charge < -0.3 is 19.3 Å². The van der Waals surface area contributed by atoms with E-state index < -0.39 is 17.7 Å². The maximum Gasteiger partial charge on any atom is 0.341 e.